The van der Waals surface area contributed by atoms with E-state index in [0.717, 1.165) is 17.6 Å². The Kier molecular flexibility index (Phi) is 4.03. The molecule has 15 heavy (non-hydrogen) atoms. The van der Waals surface area contributed by atoms with Crippen molar-refractivity contribution in [2.75, 3.05) is 7.11 Å². The molecule has 80 valence electrons. The lowest BCUT2D eigenvalue weighted by atomic mass is 9.95. The molecule has 0 spiro atoms. The van der Waals surface area contributed by atoms with Crippen molar-refractivity contribution in [3.63, 3.8) is 0 Å². The van der Waals surface area contributed by atoms with E-state index in [9.17, 15) is 9.59 Å². The van der Waals surface area contributed by atoms with Crippen LogP contribution in [0.1, 0.15) is 24.8 Å². The molecule has 0 saturated carbocycles. The molecule has 0 aliphatic rings. The van der Waals surface area contributed by atoms with E-state index in [1.807, 2.05) is 0 Å². The van der Waals surface area contributed by atoms with Crippen molar-refractivity contribution >= 4 is 12.1 Å². The Bertz CT molecular complexity index is 340. The molecule has 0 bridgehead atoms. The van der Waals surface area contributed by atoms with Crippen LogP contribution < -0.4 is 4.74 Å². The monoisotopic (exact) mass is 206 g/mol. The smallest absolute Gasteiger partial charge is 0.130 e. The summed E-state index contributed by atoms with van der Waals surface area (Å²) in [5, 5.41) is 0. The zero-order valence-electron chi connectivity index (χ0n) is 8.90. The third-order valence-electron chi connectivity index (χ3n) is 2.22. The Morgan fingerprint density at radius 1 is 1.40 bits per heavy atom. The number of hydrogen-bond donors (Lipinski definition) is 0. The number of rotatable bonds is 5. The zero-order chi connectivity index (χ0) is 11.3. The fourth-order valence-electron chi connectivity index (χ4n) is 1.41. The summed E-state index contributed by atoms with van der Waals surface area (Å²) in [7, 11) is 1.59. The van der Waals surface area contributed by atoms with Gasteiger partial charge in [0.2, 0.25) is 0 Å². The highest BCUT2D eigenvalue weighted by Gasteiger charge is 2.12. The second-order valence-electron chi connectivity index (χ2n) is 3.42. The molecule has 0 aliphatic heterocycles. The molecular weight excluding hydrogens is 192 g/mol. The zero-order valence-corrected chi connectivity index (χ0v) is 8.90. The fraction of sp³-hybridized carbons (Fsp3) is 0.333. The fourth-order valence-corrected chi connectivity index (χ4v) is 1.41. The molecule has 1 rings (SSSR count). The molecule has 0 N–H and O–H groups in total. The van der Waals surface area contributed by atoms with Gasteiger partial charge >= 0.3 is 0 Å². The van der Waals surface area contributed by atoms with Gasteiger partial charge in [-0.2, -0.15) is 0 Å². The van der Waals surface area contributed by atoms with Crippen LogP contribution in [0, 0.1) is 0 Å². The quantitative estimate of drug-likeness (QED) is 0.691. The van der Waals surface area contributed by atoms with Gasteiger partial charge in [-0.3, -0.25) is 4.79 Å². The van der Waals surface area contributed by atoms with Crippen LogP contribution in [-0.4, -0.2) is 19.2 Å². The van der Waals surface area contributed by atoms with Gasteiger partial charge in [-0.15, -0.1) is 0 Å². The predicted molar refractivity (Wildman–Crippen MR) is 57.1 cm³/mol. The minimum absolute atomic E-state index is 0.0166. The largest absolute Gasteiger partial charge is 0.497 e. The number of Topliss-reactive ketones (excluding diaryl/α,β-unsaturated/α-hetero) is 1. The van der Waals surface area contributed by atoms with Gasteiger partial charge in [-0.1, -0.05) is 12.1 Å². The van der Waals surface area contributed by atoms with Crippen molar-refractivity contribution in [2.45, 2.75) is 19.3 Å². The first-order chi connectivity index (χ1) is 7.17. The molecule has 1 aromatic rings. The summed E-state index contributed by atoms with van der Waals surface area (Å²) in [6.45, 7) is 1.49. The number of carbonyl (C=O) groups is 2. The van der Waals surface area contributed by atoms with Gasteiger partial charge in [-0.05, 0) is 24.6 Å². The minimum atomic E-state index is -0.339. The average Bonchev–Trinajstić information content (AvgIpc) is 2.26. The SMILES string of the molecule is COc1ccc(C(C=O)CC(C)=O)cc1. The van der Waals surface area contributed by atoms with Crippen LogP contribution in [0.5, 0.6) is 5.75 Å². The van der Waals surface area contributed by atoms with Gasteiger partial charge in [0, 0.05) is 12.3 Å². The molecule has 1 atom stereocenters. The molecule has 0 fully saturated rings. The van der Waals surface area contributed by atoms with Crippen LogP contribution in [0.25, 0.3) is 0 Å². The van der Waals surface area contributed by atoms with Crippen LogP contribution in [0.3, 0.4) is 0 Å². The van der Waals surface area contributed by atoms with E-state index in [-0.39, 0.29) is 18.1 Å². The Morgan fingerprint density at radius 2 is 2.00 bits per heavy atom. The van der Waals surface area contributed by atoms with Crippen LogP contribution in [0.15, 0.2) is 24.3 Å². The second-order valence-corrected chi connectivity index (χ2v) is 3.42. The number of aldehydes is 1. The number of ketones is 1. The standard InChI is InChI=1S/C12H14O3/c1-9(14)7-11(8-13)10-3-5-12(15-2)6-4-10/h3-6,8,11H,7H2,1-2H3. The summed E-state index contributed by atoms with van der Waals surface area (Å²) >= 11 is 0. The Balaban J connectivity index is 2.82. The van der Waals surface area contributed by atoms with E-state index < -0.39 is 0 Å². The third-order valence-corrected chi connectivity index (χ3v) is 2.22. The maximum atomic E-state index is 10.9. The lowest BCUT2D eigenvalue weighted by molar-refractivity contribution is -0.119. The summed E-state index contributed by atoms with van der Waals surface area (Å²) in [5.41, 5.74) is 0.848. The molecular formula is C12H14O3. The second kappa shape index (κ2) is 5.29. The maximum Gasteiger partial charge on any atom is 0.130 e. The van der Waals surface area contributed by atoms with E-state index in [2.05, 4.69) is 0 Å². The van der Waals surface area contributed by atoms with Crippen molar-refractivity contribution in [1.29, 1.82) is 0 Å². The van der Waals surface area contributed by atoms with E-state index in [4.69, 9.17) is 4.74 Å². The molecule has 0 heterocycles. The Morgan fingerprint density at radius 3 is 2.40 bits per heavy atom. The lowest BCUT2D eigenvalue weighted by Crippen LogP contribution is -2.05. The number of carbonyl (C=O) groups excluding carboxylic acids is 2. The van der Waals surface area contributed by atoms with Crippen molar-refractivity contribution in [3.8, 4) is 5.75 Å². The van der Waals surface area contributed by atoms with Crippen molar-refractivity contribution in [1.82, 2.24) is 0 Å². The van der Waals surface area contributed by atoms with Gasteiger partial charge in [0.1, 0.15) is 17.8 Å². The predicted octanol–water partition coefficient (Wildman–Crippen LogP) is 1.96. The summed E-state index contributed by atoms with van der Waals surface area (Å²) in [6, 6.07) is 7.18. The Labute approximate surface area is 89.1 Å². The van der Waals surface area contributed by atoms with Crippen LogP contribution >= 0.6 is 0 Å². The van der Waals surface area contributed by atoms with Crippen LogP contribution in [0.4, 0.5) is 0 Å². The van der Waals surface area contributed by atoms with Crippen LogP contribution in [-0.2, 0) is 9.59 Å². The van der Waals surface area contributed by atoms with E-state index in [1.165, 1.54) is 6.92 Å². The third kappa shape index (κ3) is 3.20. The lowest BCUT2D eigenvalue weighted by Gasteiger charge is -2.09. The van der Waals surface area contributed by atoms with Gasteiger partial charge < -0.3 is 9.53 Å². The number of hydrogen-bond acceptors (Lipinski definition) is 3. The molecule has 3 nitrogen and oxygen atoms in total. The summed E-state index contributed by atoms with van der Waals surface area (Å²) in [5.74, 6) is 0.419. The highest BCUT2D eigenvalue weighted by molar-refractivity contribution is 5.81. The van der Waals surface area contributed by atoms with Crippen molar-refractivity contribution < 1.29 is 14.3 Å². The summed E-state index contributed by atoms with van der Waals surface area (Å²) < 4.78 is 5.01. The molecule has 1 unspecified atom stereocenters. The average molecular weight is 206 g/mol. The molecule has 0 radical (unpaired) electrons. The minimum Gasteiger partial charge on any atom is -0.497 e. The molecule has 0 amide bonds. The summed E-state index contributed by atoms with van der Waals surface area (Å²) in [4.78, 5) is 21.7. The number of benzene rings is 1. The Hall–Kier alpha value is -1.64. The van der Waals surface area contributed by atoms with Gasteiger partial charge in [-0.25, -0.2) is 0 Å². The molecule has 0 saturated heterocycles. The first kappa shape index (κ1) is 11.4. The normalized spacial score (nSPS) is 11.9. The van der Waals surface area contributed by atoms with Crippen LogP contribution in [0.2, 0.25) is 0 Å². The first-order valence-electron chi connectivity index (χ1n) is 4.76. The van der Waals surface area contributed by atoms with Gasteiger partial charge in [0.25, 0.3) is 0 Å². The topological polar surface area (TPSA) is 43.4 Å². The highest BCUT2D eigenvalue weighted by Crippen LogP contribution is 2.20. The van der Waals surface area contributed by atoms with E-state index in [1.54, 1.807) is 31.4 Å². The summed E-state index contributed by atoms with van der Waals surface area (Å²) in [6.07, 6.45) is 1.07. The van der Waals surface area contributed by atoms with Crippen molar-refractivity contribution in [3.05, 3.63) is 29.8 Å². The van der Waals surface area contributed by atoms with E-state index >= 15 is 0 Å². The van der Waals surface area contributed by atoms with Gasteiger partial charge in [0.15, 0.2) is 0 Å². The number of ether oxygens (including phenoxy) is 1. The first-order valence-corrected chi connectivity index (χ1v) is 4.76. The van der Waals surface area contributed by atoms with Crippen molar-refractivity contribution in [2.24, 2.45) is 0 Å². The number of methoxy groups -OCH3 is 1. The molecule has 1 aromatic carbocycles. The molecule has 0 aromatic heterocycles. The highest BCUT2D eigenvalue weighted by atomic mass is 16.5. The maximum absolute atomic E-state index is 10.9. The molecule has 3 heteroatoms. The van der Waals surface area contributed by atoms with Gasteiger partial charge in [0.05, 0.1) is 7.11 Å². The molecule has 0 aliphatic carbocycles. The van der Waals surface area contributed by atoms with E-state index in [0.29, 0.717) is 0 Å².